The fourth-order valence-corrected chi connectivity index (χ4v) is 1.91. The largest absolute Gasteiger partial charge is 0.318 e. The Hall–Kier alpha value is -0.985. The number of hydrogen-bond donors (Lipinski definition) is 0. The van der Waals surface area contributed by atoms with E-state index in [4.69, 9.17) is 0 Å². The van der Waals surface area contributed by atoms with Crippen LogP contribution in [0.25, 0.3) is 0 Å². The summed E-state index contributed by atoms with van der Waals surface area (Å²) in [6.07, 6.45) is 5.69. The molecule has 0 bridgehead atoms. The predicted molar refractivity (Wildman–Crippen MR) is 54.2 cm³/mol. The Morgan fingerprint density at radius 2 is 2.38 bits per heavy atom. The van der Waals surface area contributed by atoms with Gasteiger partial charge in [0.15, 0.2) is 0 Å². The smallest absolute Gasteiger partial charge is 0.250 e. The third-order valence-corrected chi connectivity index (χ3v) is 2.71. The maximum Gasteiger partial charge on any atom is 0.250 e. The van der Waals surface area contributed by atoms with Gasteiger partial charge in [0.05, 0.1) is 0 Å². The van der Waals surface area contributed by atoms with Gasteiger partial charge in [-0.05, 0) is 11.4 Å². The molecule has 1 fully saturated rings. The third-order valence-electron chi connectivity index (χ3n) is 2.71. The van der Waals surface area contributed by atoms with Crippen LogP contribution < -0.4 is 5.56 Å². The SMILES string of the molecule is Cn1cc(C2[B]CCC2)ccc1=O. The number of nitrogens with zero attached hydrogens (tertiary/aromatic N) is 1. The van der Waals surface area contributed by atoms with E-state index in [9.17, 15) is 4.79 Å². The molecule has 0 aliphatic carbocycles. The molecule has 1 aliphatic heterocycles. The Morgan fingerprint density at radius 3 is 3.00 bits per heavy atom. The van der Waals surface area contributed by atoms with Crippen LogP contribution in [0.2, 0.25) is 6.32 Å². The summed E-state index contributed by atoms with van der Waals surface area (Å²) in [5, 5.41) is 0. The van der Waals surface area contributed by atoms with Crippen molar-refractivity contribution in [2.24, 2.45) is 7.05 Å². The Bertz CT molecular complexity index is 352. The van der Waals surface area contributed by atoms with E-state index in [2.05, 4.69) is 7.28 Å². The Morgan fingerprint density at radius 1 is 1.54 bits per heavy atom. The zero-order chi connectivity index (χ0) is 9.26. The first-order chi connectivity index (χ1) is 6.27. The first-order valence-electron chi connectivity index (χ1n) is 4.77. The van der Waals surface area contributed by atoms with Crippen molar-refractivity contribution in [1.82, 2.24) is 4.57 Å². The highest BCUT2D eigenvalue weighted by Gasteiger charge is 2.18. The van der Waals surface area contributed by atoms with Crippen LogP contribution in [0, 0.1) is 0 Å². The van der Waals surface area contributed by atoms with Crippen molar-refractivity contribution in [2.75, 3.05) is 0 Å². The molecule has 1 aliphatic rings. The van der Waals surface area contributed by atoms with Crippen molar-refractivity contribution in [3.63, 3.8) is 0 Å². The predicted octanol–water partition coefficient (Wildman–Crippen LogP) is 1.34. The standard InChI is InChI=1S/C10H13BNO/c1-12-7-8(4-5-10(12)13)9-3-2-6-11-9/h4-5,7,9H,2-3,6H2,1H3. The maximum absolute atomic E-state index is 11.1. The zero-order valence-corrected chi connectivity index (χ0v) is 7.86. The van der Waals surface area contributed by atoms with Gasteiger partial charge in [0.2, 0.25) is 5.56 Å². The van der Waals surface area contributed by atoms with E-state index in [-0.39, 0.29) is 5.56 Å². The summed E-state index contributed by atoms with van der Waals surface area (Å²) in [5.41, 5.74) is 1.35. The molecule has 2 heterocycles. The summed E-state index contributed by atoms with van der Waals surface area (Å²) in [6, 6.07) is 3.61. The molecule has 13 heavy (non-hydrogen) atoms. The lowest BCUT2D eigenvalue weighted by molar-refractivity contribution is 0.786. The van der Waals surface area contributed by atoms with Gasteiger partial charge in [-0.3, -0.25) is 4.79 Å². The monoisotopic (exact) mass is 174 g/mol. The minimum atomic E-state index is 0.0711. The zero-order valence-electron chi connectivity index (χ0n) is 7.86. The van der Waals surface area contributed by atoms with Crippen LogP contribution in [0.4, 0.5) is 0 Å². The van der Waals surface area contributed by atoms with Crippen molar-refractivity contribution in [2.45, 2.75) is 25.0 Å². The van der Waals surface area contributed by atoms with Gasteiger partial charge >= 0.3 is 0 Å². The second kappa shape index (κ2) is 3.40. The molecular weight excluding hydrogens is 161 g/mol. The molecule has 1 unspecified atom stereocenters. The molecule has 0 aromatic carbocycles. The van der Waals surface area contributed by atoms with Gasteiger partial charge in [-0.15, -0.1) is 0 Å². The Kier molecular flexibility index (Phi) is 2.25. The molecule has 0 spiro atoms. The van der Waals surface area contributed by atoms with E-state index in [1.807, 2.05) is 12.3 Å². The molecule has 2 rings (SSSR count). The van der Waals surface area contributed by atoms with E-state index in [0.717, 1.165) is 0 Å². The second-order valence-electron chi connectivity index (χ2n) is 3.68. The number of hydrogen-bond acceptors (Lipinski definition) is 1. The molecule has 0 amide bonds. The molecule has 67 valence electrons. The highest BCUT2D eigenvalue weighted by Crippen LogP contribution is 2.27. The normalized spacial score (nSPS) is 21.5. The van der Waals surface area contributed by atoms with Gasteiger partial charge in [0.1, 0.15) is 7.28 Å². The van der Waals surface area contributed by atoms with Gasteiger partial charge in [-0.1, -0.05) is 25.2 Å². The minimum Gasteiger partial charge on any atom is -0.318 e. The van der Waals surface area contributed by atoms with Gasteiger partial charge in [-0.2, -0.15) is 0 Å². The summed E-state index contributed by atoms with van der Waals surface area (Å²) in [4.78, 5) is 11.1. The maximum atomic E-state index is 11.1. The van der Waals surface area contributed by atoms with Crippen LogP contribution in [0.1, 0.15) is 24.2 Å². The quantitative estimate of drug-likeness (QED) is 0.589. The Balaban J connectivity index is 2.30. The van der Waals surface area contributed by atoms with Gasteiger partial charge in [0.25, 0.3) is 0 Å². The summed E-state index contributed by atoms with van der Waals surface area (Å²) >= 11 is 0. The second-order valence-corrected chi connectivity index (χ2v) is 3.68. The topological polar surface area (TPSA) is 22.0 Å². The third kappa shape index (κ3) is 1.69. The molecular formula is C10H13BNO. The number of aryl methyl sites for hydroxylation is 1. The lowest BCUT2D eigenvalue weighted by atomic mass is 9.65. The molecule has 1 aromatic heterocycles. The summed E-state index contributed by atoms with van der Waals surface area (Å²) in [6.45, 7) is 0. The first kappa shape index (κ1) is 8.61. The molecule has 1 atom stereocenters. The fraction of sp³-hybridized carbons (Fsp3) is 0.500. The molecule has 0 N–H and O–H groups in total. The van der Waals surface area contributed by atoms with Gasteiger partial charge in [-0.25, -0.2) is 0 Å². The molecule has 1 aromatic rings. The van der Waals surface area contributed by atoms with Gasteiger partial charge < -0.3 is 4.57 Å². The summed E-state index contributed by atoms with van der Waals surface area (Å²) in [5.74, 6) is 0.576. The van der Waals surface area contributed by atoms with E-state index < -0.39 is 0 Å². The lowest BCUT2D eigenvalue weighted by Gasteiger charge is -2.09. The minimum absolute atomic E-state index is 0.0711. The van der Waals surface area contributed by atoms with Crippen molar-refractivity contribution in [3.8, 4) is 0 Å². The van der Waals surface area contributed by atoms with E-state index >= 15 is 0 Å². The fourth-order valence-electron chi connectivity index (χ4n) is 1.91. The molecule has 1 radical (unpaired) electrons. The van der Waals surface area contributed by atoms with Crippen LogP contribution >= 0.6 is 0 Å². The molecule has 3 heteroatoms. The van der Waals surface area contributed by atoms with Crippen LogP contribution in [0.5, 0.6) is 0 Å². The molecule has 2 nitrogen and oxygen atoms in total. The average Bonchev–Trinajstić information content (AvgIpc) is 2.62. The highest BCUT2D eigenvalue weighted by atomic mass is 16.1. The summed E-state index contributed by atoms with van der Waals surface area (Å²) in [7, 11) is 4.15. The van der Waals surface area contributed by atoms with Crippen molar-refractivity contribution < 1.29 is 0 Å². The van der Waals surface area contributed by atoms with Crippen molar-refractivity contribution >= 4 is 7.28 Å². The molecule has 0 saturated carbocycles. The van der Waals surface area contributed by atoms with Crippen molar-refractivity contribution in [3.05, 3.63) is 34.2 Å². The van der Waals surface area contributed by atoms with Crippen LogP contribution in [0.3, 0.4) is 0 Å². The number of aromatic nitrogens is 1. The first-order valence-corrected chi connectivity index (χ1v) is 4.77. The lowest BCUT2D eigenvalue weighted by Crippen LogP contribution is -2.16. The Labute approximate surface area is 78.8 Å². The molecule has 1 saturated heterocycles. The van der Waals surface area contributed by atoms with Crippen LogP contribution in [0.15, 0.2) is 23.1 Å². The number of rotatable bonds is 1. The van der Waals surface area contributed by atoms with E-state index in [0.29, 0.717) is 5.82 Å². The van der Waals surface area contributed by atoms with Crippen LogP contribution in [-0.2, 0) is 7.05 Å². The van der Waals surface area contributed by atoms with Crippen molar-refractivity contribution in [1.29, 1.82) is 0 Å². The average molecular weight is 174 g/mol. The van der Waals surface area contributed by atoms with Crippen LogP contribution in [-0.4, -0.2) is 11.8 Å². The van der Waals surface area contributed by atoms with Gasteiger partial charge in [0, 0.05) is 19.3 Å². The van der Waals surface area contributed by atoms with E-state index in [1.165, 1.54) is 24.7 Å². The highest BCUT2D eigenvalue weighted by molar-refractivity contribution is 6.38. The summed E-state index contributed by atoms with van der Waals surface area (Å²) < 4.78 is 1.65. The van der Waals surface area contributed by atoms with E-state index in [1.54, 1.807) is 17.7 Å². The number of pyridine rings is 1.